The quantitative estimate of drug-likeness (QED) is 0.623. The molecule has 136 valence electrons. The standard InChI is InChI=1S/C19H20FN3O2S/c1-4-25-19(24)17-9-15(10-21)18(26)23(13(17)2)12-22(3)11-14-6-5-7-16(20)8-14/h5-9H,4,11-12H2,1-3H3/p+1. The Morgan fingerprint density at radius 1 is 1.42 bits per heavy atom. The van der Waals surface area contributed by atoms with Gasteiger partial charge in [0.15, 0.2) is 6.67 Å². The Bertz CT molecular complexity index is 918. The van der Waals surface area contributed by atoms with Crippen molar-refractivity contribution < 1.29 is 18.8 Å². The van der Waals surface area contributed by atoms with Crippen LogP contribution < -0.4 is 4.90 Å². The first-order valence-electron chi connectivity index (χ1n) is 8.24. The van der Waals surface area contributed by atoms with Gasteiger partial charge in [0.25, 0.3) is 0 Å². The summed E-state index contributed by atoms with van der Waals surface area (Å²) in [5.74, 6) is -0.757. The van der Waals surface area contributed by atoms with Gasteiger partial charge in [-0.05, 0) is 32.0 Å². The molecule has 1 unspecified atom stereocenters. The van der Waals surface area contributed by atoms with Gasteiger partial charge in [0.1, 0.15) is 23.1 Å². The molecule has 1 aromatic carbocycles. The molecule has 0 radical (unpaired) electrons. The normalized spacial score (nSPS) is 11.7. The zero-order valence-electron chi connectivity index (χ0n) is 15.0. The van der Waals surface area contributed by atoms with Crippen molar-refractivity contribution in [2.24, 2.45) is 0 Å². The minimum Gasteiger partial charge on any atom is -0.462 e. The number of hydrogen-bond donors (Lipinski definition) is 1. The van der Waals surface area contributed by atoms with Crippen LogP contribution in [-0.2, 0) is 18.0 Å². The van der Waals surface area contributed by atoms with E-state index in [0.29, 0.717) is 29.1 Å². The van der Waals surface area contributed by atoms with Gasteiger partial charge in [-0.2, -0.15) is 5.26 Å². The fourth-order valence-electron chi connectivity index (χ4n) is 2.76. The molecule has 0 amide bonds. The number of carbonyl (C=O) groups excluding carboxylic acids is 1. The molecule has 7 heteroatoms. The number of esters is 1. The number of benzene rings is 1. The van der Waals surface area contributed by atoms with Crippen LogP contribution in [0.4, 0.5) is 4.39 Å². The maximum Gasteiger partial charge on any atom is 0.339 e. The molecule has 0 aliphatic rings. The van der Waals surface area contributed by atoms with E-state index in [9.17, 15) is 14.4 Å². The van der Waals surface area contributed by atoms with Crippen LogP contribution in [-0.4, -0.2) is 24.2 Å². The summed E-state index contributed by atoms with van der Waals surface area (Å²) in [4.78, 5) is 13.2. The summed E-state index contributed by atoms with van der Waals surface area (Å²) in [5.41, 5.74) is 2.09. The molecule has 0 aliphatic heterocycles. The molecule has 2 aromatic rings. The monoisotopic (exact) mass is 374 g/mol. The molecule has 0 spiro atoms. The van der Waals surface area contributed by atoms with Crippen LogP contribution in [0.1, 0.15) is 34.1 Å². The first kappa shape index (κ1) is 19.8. The maximum absolute atomic E-state index is 13.4. The summed E-state index contributed by atoms with van der Waals surface area (Å²) in [6, 6.07) is 9.94. The molecule has 1 heterocycles. The van der Waals surface area contributed by atoms with Crippen molar-refractivity contribution in [1.82, 2.24) is 4.57 Å². The number of rotatable bonds is 6. The van der Waals surface area contributed by atoms with Gasteiger partial charge in [0.05, 0.1) is 24.8 Å². The Morgan fingerprint density at radius 2 is 2.15 bits per heavy atom. The second-order valence-electron chi connectivity index (χ2n) is 6.04. The van der Waals surface area contributed by atoms with Gasteiger partial charge in [-0.1, -0.05) is 24.4 Å². The minimum atomic E-state index is -0.479. The van der Waals surface area contributed by atoms with Crippen molar-refractivity contribution >= 4 is 18.2 Å². The van der Waals surface area contributed by atoms with E-state index in [1.54, 1.807) is 24.5 Å². The molecule has 0 saturated carbocycles. The van der Waals surface area contributed by atoms with E-state index in [2.05, 4.69) is 0 Å². The molecule has 5 nitrogen and oxygen atoms in total. The van der Waals surface area contributed by atoms with Crippen molar-refractivity contribution in [2.75, 3.05) is 13.7 Å². The van der Waals surface area contributed by atoms with E-state index in [1.165, 1.54) is 18.2 Å². The first-order chi connectivity index (χ1) is 12.4. The van der Waals surface area contributed by atoms with Crippen molar-refractivity contribution in [3.63, 3.8) is 0 Å². The van der Waals surface area contributed by atoms with E-state index in [-0.39, 0.29) is 18.0 Å². The average Bonchev–Trinajstić information content (AvgIpc) is 2.59. The highest BCUT2D eigenvalue weighted by Crippen LogP contribution is 2.14. The highest BCUT2D eigenvalue weighted by Gasteiger charge is 2.18. The molecule has 1 atom stereocenters. The Labute approximate surface area is 157 Å². The van der Waals surface area contributed by atoms with E-state index in [1.807, 2.05) is 19.2 Å². The molecular formula is C19H21FN3O2S+. The SMILES string of the molecule is CCOC(=O)c1cc(C#N)c(=S)n(C[NH+](C)Cc2cccc(F)c2)c1C. The first-order valence-corrected chi connectivity index (χ1v) is 8.65. The van der Waals surface area contributed by atoms with Crippen LogP contribution in [0.2, 0.25) is 0 Å². The van der Waals surface area contributed by atoms with Gasteiger partial charge < -0.3 is 9.64 Å². The lowest BCUT2D eigenvalue weighted by molar-refractivity contribution is -0.917. The number of carbonyl (C=O) groups is 1. The predicted molar refractivity (Wildman–Crippen MR) is 97.7 cm³/mol. The number of nitriles is 1. The van der Waals surface area contributed by atoms with Crippen LogP contribution in [0, 0.1) is 28.7 Å². The Kier molecular flexibility index (Phi) is 6.61. The van der Waals surface area contributed by atoms with Crippen LogP contribution >= 0.6 is 12.2 Å². The topological polar surface area (TPSA) is 59.5 Å². The molecule has 26 heavy (non-hydrogen) atoms. The summed E-state index contributed by atoms with van der Waals surface area (Å²) in [6.07, 6.45) is 0. The molecule has 1 N–H and O–H groups in total. The number of quaternary nitrogens is 1. The molecule has 1 aromatic heterocycles. The van der Waals surface area contributed by atoms with Crippen molar-refractivity contribution in [1.29, 1.82) is 5.26 Å². The number of ether oxygens (including phenoxy) is 1. The second kappa shape index (κ2) is 8.70. The zero-order valence-corrected chi connectivity index (χ0v) is 15.8. The van der Waals surface area contributed by atoms with Gasteiger partial charge in [0.2, 0.25) is 0 Å². The van der Waals surface area contributed by atoms with Crippen LogP contribution in [0.15, 0.2) is 30.3 Å². The maximum atomic E-state index is 13.4. The highest BCUT2D eigenvalue weighted by molar-refractivity contribution is 7.71. The average molecular weight is 374 g/mol. The number of pyridine rings is 1. The lowest BCUT2D eigenvalue weighted by Crippen LogP contribution is -3.07. The Hall–Kier alpha value is -2.56. The number of nitrogens with one attached hydrogen (secondary N) is 1. The predicted octanol–water partition coefficient (Wildman–Crippen LogP) is 2.39. The highest BCUT2D eigenvalue weighted by atomic mass is 32.1. The van der Waals surface area contributed by atoms with E-state index in [0.717, 1.165) is 10.5 Å². The van der Waals surface area contributed by atoms with Crippen molar-refractivity contribution in [3.05, 3.63) is 63.2 Å². The second-order valence-corrected chi connectivity index (χ2v) is 6.43. The molecule has 0 fully saturated rings. The van der Waals surface area contributed by atoms with Gasteiger partial charge in [-0.3, -0.25) is 4.57 Å². The van der Waals surface area contributed by atoms with Gasteiger partial charge >= 0.3 is 5.97 Å². The Balaban J connectivity index is 2.35. The smallest absolute Gasteiger partial charge is 0.339 e. The van der Waals surface area contributed by atoms with Gasteiger partial charge in [-0.15, -0.1) is 0 Å². The lowest BCUT2D eigenvalue weighted by Gasteiger charge is -2.20. The van der Waals surface area contributed by atoms with E-state index < -0.39 is 5.97 Å². The van der Waals surface area contributed by atoms with Crippen LogP contribution in [0.5, 0.6) is 0 Å². The largest absolute Gasteiger partial charge is 0.462 e. The lowest BCUT2D eigenvalue weighted by atomic mass is 10.1. The summed E-state index contributed by atoms with van der Waals surface area (Å²) in [6.45, 7) is 4.76. The molecular weight excluding hydrogens is 353 g/mol. The summed E-state index contributed by atoms with van der Waals surface area (Å²) < 4.78 is 20.6. The summed E-state index contributed by atoms with van der Waals surface area (Å²) in [5, 5.41) is 9.34. The molecule has 2 rings (SSSR count). The molecule has 0 aliphatic carbocycles. The number of nitrogens with zero attached hydrogens (tertiary/aromatic N) is 2. The number of aromatic nitrogens is 1. The third-order valence-electron chi connectivity index (χ3n) is 4.00. The molecule has 0 saturated heterocycles. The summed E-state index contributed by atoms with van der Waals surface area (Å²) >= 11 is 5.41. The minimum absolute atomic E-state index is 0.251. The summed E-state index contributed by atoms with van der Waals surface area (Å²) in [7, 11) is 1.94. The van der Waals surface area contributed by atoms with Crippen molar-refractivity contribution in [2.45, 2.75) is 27.1 Å². The Morgan fingerprint density at radius 3 is 2.77 bits per heavy atom. The van der Waals surface area contributed by atoms with Crippen LogP contribution in [0.3, 0.4) is 0 Å². The third-order valence-corrected chi connectivity index (χ3v) is 4.44. The van der Waals surface area contributed by atoms with Crippen LogP contribution in [0.25, 0.3) is 0 Å². The van der Waals surface area contributed by atoms with E-state index >= 15 is 0 Å². The van der Waals surface area contributed by atoms with E-state index in [4.69, 9.17) is 17.0 Å². The fraction of sp³-hybridized carbons (Fsp3) is 0.316. The van der Waals surface area contributed by atoms with Gasteiger partial charge in [0, 0.05) is 11.3 Å². The van der Waals surface area contributed by atoms with Crippen molar-refractivity contribution in [3.8, 4) is 6.07 Å². The third kappa shape index (κ3) is 4.54. The molecule has 0 bridgehead atoms. The number of hydrogen-bond acceptors (Lipinski definition) is 4. The fourth-order valence-corrected chi connectivity index (χ4v) is 3.07. The number of halogens is 1. The zero-order chi connectivity index (χ0) is 19.3. The van der Waals surface area contributed by atoms with Gasteiger partial charge in [-0.25, -0.2) is 9.18 Å².